The van der Waals surface area contributed by atoms with E-state index in [4.69, 9.17) is 21.9 Å². The van der Waals surface area contributed by atoms with Gasteiger partial charge in [0.1, 0.15) is 5.75 Å². The molecule has 39 heavy (non-hydrogen) atoms. The van der Waals surface area contributed by atoms with E-state index in [-0.39, 0.29) is 35.4 Å². The van der Waals surface area contributed by atoms with Crippen LogP contribution in [0.3, 0.4) is 0 Å². The number of hydrogen-bond donors (Lipinski definition) is 4. The molecular weight excluding hydrogens is 498 g/mol. The summed E-state index contributed by atoms with van der Waals surface area (Å²) in [5, 5.41) is 2.80. The third-order valence-corrected chi connectivity index (χ3v) is 9.31. The molecule has 2 fully saturated rings. The van der Waals surface area contributed by atoms with E-state index in [0.717, 1.165) is 37.1 Å². The van der Waals surface area contributed by atoms with E-state index >= 15 is 0 Å². The summed E-state index contributed by atoms with van der Waals surface area (Å²) >= 11 is 0. The summed E-state index contributed by atoms with van der Waals surface area (Å²) in [5.41, 5.74) is 19.6. The molecule has 0 radical (unpaired) electrons. The first-order valence-electron chi connectivity index (χ1n) is 14.0. The summed E-state index contributed by atoms with van der Waals surface area (Å²) in [6.45, 7) is 2.02. The van der Waals surface area contributed by atoms with Crippen LogP contribution in [-0.2, 0) is 32.6 Å². The first kappa shape index (κ1) is 27.4. The minimum atomic E-state index is -0.661. The Morgan fingerprint density at radius 3 is 2.90 bits per heavy atom. The van der Waals surface area contributed by atoms with Gasteiger partial charge in [-0.15, -0.1) is 0 Å². The number of carbonyl (C=O) groups is 3. The van der Waals surface area contributed by atoms with Crippen molar-refractivity contribution in [1.82, 2.24) is 15.1 Å². The Hall–Kier alpha value is -3.18. The number of likely N-dealkylation sites (tertiary alicyclic amines) is 1. The number of benzene rings is 1. The van der Waals surface area contributed by atoms with Crippen LogP contribution in [0.2, 0.25) is 0 Å². The number of likely N-dealkylation sites (N-methyl/N-ethyl adjacent to an activating group) is 2. The summed E-state index contributed by atoms with van der Waals surface area (Å²) in [7, 11) is 3.92. The quantitative estimate of drug-likeness (QED) is 0.174. The van der Waals surface area contributed by atoms with Gasteiger partial charge in [-0.2, -0.15) is 0 Å². The normalized spacial score (nSPS) is 27.3. The van der Waals surface area contributed by atoms with Crippen LogP contribution in [-0.4, -0.2) is 91.8 Å². The Labute approximate surface area is 229 Å². The molecule has 1 aromatic rings. The first-order valence-corrected chi connectivity index (χ1v) is 14.0. The fraction of sp³-hybridized carbons (Fsp3) is 0.643. The van der Waals surface area contributed by atoms with Gasteiger partial charge in [-0.3, -0.25) is 19.4 Å². The van der Waals surface area contributed by atoms with Crippen LogP contribution in [0.4, 0.5) is 0 Å². The second kappa shape index (κ2) is 10.8. The molecule has 2 heterocycles. The predicted octanol–water partition coefficient (Wildman–Crippen LogP) is -0.577. The summed E-state index contributed by atoms with van der Waals surface area (Å²) in [5.74, 6) is 1.04. The van der Waals surface area contributed by atoms with Gasteiger partial charge in [0.25, 0.3) is 0 Å². The van der Waals surface area contributed by atoms with Gasteiger partial charge < -0.3 is 37.1 Å². The molecule has 2 bridgehead atoms. The van der Waals surface area contributed by atoms with Gasteiger partial charge >= 0.3 is 0 Å². The van der Waals surface area contributed by atoms with Crippen molar-refractivity contribution in [3.63, 3.8) is 0 Å². The number of rotatable bonds is 10. The van der Waals surface area contributed by atoms with Gasteiger partial charge in [0.2, 0.25) is 11.8 Å². The van der Waals surface area contributed by atoms with Crippen LogP contribution >= 0.6 is 0 Å². The van der Waals surface area contributed by atoms with Gasteiger partial charge in [-0.25, -0.2) is 0 Å². The number of nitrogens with two attached hydrogens (primary N) is 3. The van der Waals surface area contributed by atoms with Crippen molar-refractivity contribution in [3.8, 4) is 5.75 Å². The maximum Gasteiger partial charge on any atom is 0.236 e. The van der Waals surface area contributed by atoms with Crippen LogP contribution in [0.15, 0.2) is 17.1 Å². The Morgan fingerprint density at radius 1 is 1.33 bits per heavy atom. The zero-order valence-corrected chi connectivity index (χ0v) is 22.9. The molecule has 212 valence electrons. The number of carbonyl (C=O) groups excluding carboxylic acids is 3. The van der Waals surface area contributed by atoms with Gasteiger partial charge in [-0.05, 0) is 57.2 Å². The molecular formula is C28H41N7O4. The molecule has 2 aliphatic heterocycles. The number of guanidine groups is 1. The lowest BCUT2D eigenvalue weighted by Crippen LogP contribution is -2.65. The Morgan fingerprint density at radius 2 is 2.13 bits per heavy atom. The van der Waals surface area contributed by atoms with Crippen molar-refractivity contribution in [1.29, 1.82) is 0 Å². The zero-order chi connectivity index (χ0) is 27.9. The number of ketones is 1. The topological polar surface area (TPSA) is 169 Å². The molecule has 2 amide bonds. The molecule has 2 aliphatic carbocycles. The average molecular weight is 540 g/mol. The molecule has 1 aromatic carbocycles. The molecule has 5 atom stereocenters. The highest BCUT2D eigenvalue weighted by molar-refractivity contribution is 5.89. The molecule has 1 saturated carbocycles. The Bertz CT molecular complexity index is 1180. The Kier molecular flexibility index (Phi) is 7.56. The van der Waals surface area contributed by atoms with E-state index in [1.54, 1.807) is 11.9 Å². The number of nitrogens with one attached hydrogen (secondary N) is 1. The second-order valence-corrected chi connectivity index (χ2v) is 11.6. The highest BCUT2D eigenvalue weighted by Crippen LogP contribution is 2.62. The van der Waals surface area contributed by atoms with Crippen LogP contribution in [0.1, 0.15) is 48.8 Å². The number of ether oxygens (including phenoxy) is 1. The number of amides is 2. The monoisotopic (exact) mass is 539 g/mol. The molecule has 0 aromatic heterocycles. The van der Waals surface area contributed by atoms with Gasteiger partial charge in [0.15, 0.2) is 17.8 Å². The van der Waals surface area contributed by atoms with Crippen LogP contribution in [0.25, 0.3) is 0 Å². The van der Waals surface area contributed by atoms with Gasteiger partial charge in [0.05, 0.1) is 12.5 Å². The van der Waals surface area contributed by atoms with Crippen LogP contribution in [0, 0.1) is 5.92 Å². The summed E-state index contributed by atoms with van der Waals surface area (Å²) in [6, 6.07) is 3.91. The maximum absolute atomic E-state index is 13.2. The van der Waals surface area contributed by atoms with E-state index in [0.29, 0.717) is 50.9 Å². The van der Waals surface area contributed by atoms with E-state index in [2.05, 4.69) is 28.3 Å². The van der Waals surface area contributed by atoms with Crippen molar-refractivity contribution in [2.24, 2.45) is 28.1 Å². The molecule has 11 heteroatoms. The molecule has 1 unspecified atom stereocenters. The lowest BCUT2D eigenvalue weighted by Gasteiger charge is -2.57. The van der Waals surface area contributed by atoms with Gasteiger partial charge in [-0.1, -0.05) is 12.1 Å². The lowest BCUT2D eigenvalue weighted by molar-refractivity contribution is -0.138. The first-order chi connectivity index (χ1) is 18.6. The van der Waals surface area contributed by atoms with Crippen molar-refractivity contribution in [2.75, 3.05) is 40.3 Å². The minimum Gasteiger partial charge on any atom is -0.481 e. The average Bonchev–Trinajstić information content (AvgIpc) is 3.26. The Balaban J connectivity index is 1.21. The summed E-state index contributed by atoms with van der Waals surface area (Å²) in [6.07, 6.45) is 4.14. The maximum atomic E-state index is 13.2. The van der Waals surface area contributed by atoms with Crippen molar-refractivity contribution in [3.05, 3.63) is 28.8 Å². The number of piperidine rings is 1. The lowest BCUT2D eigenvalue weighted by atomic mass is 9.51. The minimum absolute atomic E-state index is 0.0163. The fourth-order valence-electron chi connectivity index (χ4n) is 7.28. The van der Waals surface area contributed by atoms with Crippen molar-refractivity contribution < 1.29 is 19.1 Å². The molecule has 4 aliphatic rings. The molecule has 11 nitrogen and oxygen atoms in total. The number of nitrogens with zero attached hydrogens (tertiary/aromatic N) is 3. The highest BCUT2D eigenvalue weighted by Gasteiger charge is 2.65. The van der Waals surface area contributed by atoms with Crippen molar-refractivity contribution in [2.45, 2.75) is 68.5 Å². The second-order valence-electron chi connectivity index (χ2n) is 11.6. The molecule has 1 spiro atoms. The predicted molar refractivity (Wildman–Crippen MR) is 147 cm³/mol. The third kappa shape index (κ3) is 4.86. The molecule has 1 saturated heterocycles. The van der Waals surface area contributed by atoms with Crippen LogP contribution < -0.4 is 27.3 Å². The zero-order valence-electron chi connectivity index (χ0n) is 22.9. The molecule has 7 N–H and O–H groups in total. The highest BCUT2D eigenvalue weighted by atomic mass is 16.5. The van der Waals surface area contributed by atoms with E-state index in [9.17, 15) is 14.4 Å². The fourth-order valence-corrected chi connectivity index (χ4v) is 7.28. The third-order valence-electron chi connectivity index (χ3n) is 9.31. The molecule has 5 rings (SSSR count). The smallest absolute Gasteiger partial charge is 0.236 e. The van der Waals surface area contributed by atoms with E-state index in [1.165, 1.54) is 11.1 Å². The largest absolute Gasteiger partial charge is 0.481 e. The summed E-state index contributed by atoms with van der Waals surface area (Å²) in [4.78, 5) is 46.5. The SMILES string of the molecule is CN(CCNC(=O)[C@@H](N)CCCN=C(N)N)C(=O)Cc1ccc2c3c1O[C@H]1C(=O)CCC4[C@@H](C2)N(C)CC[C@@]341. The standard InChI is InChI=1S/C28H41N7O4/c1-34-12-9-28-18-7-8-21(36)25(28)39-24-17(6-5-16(23(24)28)14-20(18)34)15-22(37)35(2)13-11-32-26(38)19(29)4-3-10-33-27(30)31/h5-6,18-20,25H,3-4,7-15,29H2,1-2H3,(H,32,38)(H4,30,31,33)/t18?,19-,20+,25-,28-/m0/s1. The van der Waals surface area contributed by atoms with Crippen molar-refractivity contribution >= 4 is 23.6 Å². The van der Waals surface area contributed by atoms with E-state index < -0.39 is 12.1 Å². The number of Topliss-reactive ketones (excluding diaryl/α,β-unsaturated/α-hetero) is 1. The van der Waals surface area contributed by atoms with E-state index in [1.807, 2.05) is 6.07 Å². The van der Waals surface area contributed by atoms with Crippen LogP contribution in [0.5, 0.6) is 5.75 Å². The number of aliphatic imine (C=N–C) groups is 1. The number of hydrogen-bond acceptors (Lipinski definition) is 7. The van der Waals surface area contributed by atoms with Gasteiger partial charge in [0, 0.05) is 55.7 Å². The summed E-state index contributed by atoms with van der Waals surface area (Å²) < 4.78 is 6.50.